The van der Waals surface area contributed by atoms with E-state index >= 15 is 0 Å². The molecule has 1 aliphatic heterocycles. The summed E-state index contributed by atoms with van der Waals surface area (Å²) in [6, 6.07) is 4.44. The van der Waals surface area contributed by atoms with Gasteiger partial charge in [-0.05, 0) is 19.1 Å². The summed E-state index contributed by atoms with van der Waals surface area (Å²) >= 11 is 0. The average molecular weight is 300 g/mol. The molecular formula is C13H16O6S. The van der Waals surface area contributed by atoms with E-state index in [1.165, 1.54) is 26.2 Å². The Kier molecular flexibility index (Phi) is 4.17. The zero-order valence-electron chi connectivity index (χ0n) is 11.3. The zero-order valence-corrected chi connectivity index (χ0v) is 12.1. The minimum absolute atomic E-state index is 0.109. The number of benzene rings is 1. The summed E-state index contributed by atoms with van der Waals surface area (Å²) in [4.78, 5) is 11.3. The fourth-order valence-corrected chi connectivity index (χ4v) is 3.21. The highest BCUT2D eigenvalue weighted by molar-refractivity contribution is 7.92. The molecule has 1 unspecified atom stereocenters. The summed E-state index contributed by atoms with van der Waals surface area (Å²) in [7, 11) is -2.39. The van der Waals surface area contributed by atoms with Crippen LogP contribution in [0.4, 0.5) is 0 Å². The van der Waals surface area contributed by atoms with Crippen LogP contribution >= 0.6 is 0 Å². The number of rotatable bonds is 4. The first-order chi connectivity index (χ1) is 9.45. The van der Waals surface area contributed by atoms with Crippen molar-refractivity contribution in [3.05, 3.63) is 18.2 Å². The number of hydrogen-bond donors (Lipinski definition) is 0. The topological polar surface area (TPSA) is 78.9 Å². The number of ether oxygens (including phenoxy) is 3. The number of methoxy groups -OCH3 is 1. The van der Waals surface area contributed by atoms with Crippen LogP contribution in [0.2, 0.25) is 0 Å². The Morgan fingerprint density at radius 2 is 1.95 bits per heavy atom. The molecule has 0 saturated carbocycles. The molecule has 1 aliphatic rings. The monoisotopic (exact) mass is 300 g/mol. The fraction of sp³-hybridized carbons (Fsp3) is 0.462. The highest BCUT2D eigenvalue weighted by Crippen LogP contribution is 2.33. The molecule has 110 valence electrons. The van der Waals surface area contributed by atoms with E-state index in [-0.39, 0.29) is 11.3 Å². The summed E-state index contributed by atoms with van der Waals surface area (Å²) in [5, 5.41) is -0.863. The third-order valence-corrected chi connectivity index (χ3v) is 5.19. The molecule has 0 saturated heterocycles. The molecule has 0 bridgehead atoms. The second kappa shape index (κ2) is 5.70. The summed E-state index contributed by atoms with van der Waals surface area (Å²) in [6.07, 6.45) is -0.187. The Morgan fingerprint density at radius 1 is 1.30 bits per heavy atom. The van der Waals surface area contributed by atoms with Gasteiger partial charge in [-0.15, -0.1) is 0 Å². The molecule has 20 heavy (non-hydrogen) atoms. The summed E-state index contributed by atoms with van der Waals surface area (Å²) in [5.41, 5.74) is 0. The van der Waals surface area contributed by atoms with Gasteiger partial charge in [0, 0.05) is 6.07 Å². The van der Waals surface area contributed by atoms with Crippen LogP contribution in [0.1, 0.15) is 13.3 Å². The summed E-state index contributed by atoms with van der Waals surface area (Å²) < 4.78 is 39.9. The van der Waals surface area contributed by atoms with Crippen molar-refractivity contribution >= 4 is 15.8 Å². The largest absolute Gasteiger partial charge is 0.486 e. The van der Waals surface area contributed by atoms with Gasteiger partial charge in [0.2, 0.25) is 0 Å². The SMILES string of the molecule is COC(=O)CC(C)S(=O)(=O)c1ccc2c(c1)OCCO2. The second-order valence-electron chi connectivity index (χ2n) is 4.44. The zero-order chi connectivity index (χ0) is 14.8. The number of fused-ring (bicyclic) bond motifs is 1. The van der Waals surface area contributed by atoms with Crippen LogP contribution in [-0.2, 0) is 19.4 Å². The first-order valence-corrected chi connectivity index (χ1v) is 7.70. The number of esters is 1. The normalized spacial score (nSPS) is 15.5. The van der Waals surface area contributed by atoms with Gasteiger partial charge in [0.1, 0.15) is 13.2 Å². The smallest absolute Gasteiger partial charge is 0.306 e. The van der Waals surface area contributed by atoms with Gasteiger partial charge in [-0.25, -0.2) is 8.42 Å². The number of hydrogen-bond acceptors (Lipinski definition) is 6. The fourth-order valence-electron chi connectivity index (χ4n) is 1.86. The maximum Gasteiger partial charge on any atom is 0.306 e. The van der Waals surface area contributed by atoms with Gasteiger partial charge in [-0.1, -0.05) is 0 Å². The van der Waals surface area contributed by atoms with E-state index in [1.54, 1.807) is 6.07 Å². The molecule has 0 amide bonds. The summed E-state index contributed by atoms with van der Waals surface area (Å²) in [6.45, 7) is 2.30. The maximum atomic E-state index is 12.4. The molecule has 0 fully saturated rings. The molecule has 1 aromatic carbocycles. The predicted octanol–water partition coefficient (Wildman–Crippen LogP) is 1.18. The molecule has 2 rings (SSSR count). The van der Waals surface area contributed by atoms with Gasteiger partial charge >= 0.3 is 5.97 Å². The van der Waals surface area contributed by atoms with Crippen molar-refractivity contribution < 1.29 is 27.4 Å². The Bertz CT molecular complexity index is 607. The molecule has 0 radical (unpaired) electrons. The standard InChI is InChI=1S/C13H16O6S/c1-9(7-13(14)17-2)20(15,16)10-3-4-11-12(8-10)19-6-5-18-11/h3-4,8-9H,5-7H2,1-2H3. The summed E-state index contributed by atoms with van der Waals surface area (Å²) in [5.74, 6) is 0.372. The van der Waals surface area contributed by atoms with Crippen LogP contribution < -0.4 is 9.47 Å². The average Bonchev–Trinajstić information content (AvgIpc) is 2.46. The van der Waals surface area contributed by atoms with E-state index in [4.69, 9.17) is 9.47 Å². The first-order valence-electron chi connectivity index (χ1n) is 6.15. The van der Waals surface area contributed by atoms with Crippen molar-refractivity contribution in [2.24, 2.45) is 0 Å². The van der Waals surface area contributed by atoms with Crippen LogP contribution in [0.15, 0.2) is 23.1 Å². The Morgan fingerprint density at radius 3 is 2.60 bits per heavy atom. The molecule has 6 nitrogen and oxygen atoms in total. The van der Waals surface area contributed by atoms with Gasteiger partial charge < -0.3 is 14.2 Å². The number of sulfone groups is 1. The van der Waals surface area contributed by atoms with Crippen molar-refractivity contribution in [3.8, 4) is 11.5 Å². The van der Waals surface area contributed by atoms with E-state index < -0.39 is 21.1 Å². The van der Waals surface area contributed by atoms with E-state index in [9.17, 15) is 13.2 Å². The second-order valence-corrected chi connectivity index (χ2v) is 6.81. The lowest BCUT2D eigenvalue weighted by Crippen LogP contribution is -2.23. The molecule has 7 heteroatoms. The van der Waals surface area contributed by atoms with E-state index in [2.05, 4.69) is 4.74 Å². The molecule has 1 heterocycles. The lowest BCUT2D eigenvalue weighted by molar-refractivity contribution is -0.140. The Hall–Kier alpha value is -1.76. The Balaban J connectivity index is 2.27. The maximum absolute atomic E-state index is 12.4. The molecule has 0 aliphatic carbocycles. The highest BCUT2D eigenvalue weighted by Gasteiger charge is 2.27. The Labute approximate surface area is 117 Å². The van der Waals surface area contributed by atoms with E-state index in [0.717, 1.165) is 0 Å². The number of carbonyl (C=O) groups is 1. The molecule has 1 atom stereocenters. The van der Waals surface area contributed by atoms with Crippen LogP contribution in [-0.4, -0.2) is 40.0 Å². The van der Waals surface area contributed by atoms with Crippen molar-refractivity contribution in [1.82, 2.24) is 0 Å². The van der Waals surface area contributed by atoms with Gasteiger partial charge in [0.05, 0.1) is 23.7 Å². The van der Waals surface area contributed by atoms with Gasteiger partial charge in [0.15, 0.2) is 21.3 Å². The van der Waals surface area contributed by atoms with E-state index in [1.807, 2.05) is 0 Å². The van der Waals surface area contributed by atoms with Gasteiger partial charge in [0.25, 0.3) is 0 Å². The lowest BCUT2D eigenvalue weighted by Gasteiger charge is -2.19. The minimum atomic E-state index is -3.61. The first kappa shape index (κ1) is 14.6. The van der Waals surface area contributed by atoms with Crippen LogP contribution in [0.3, 0.4) is 0 Å². The van der Waals surface area contributed by atoms with Crippen molar-refractivity contribution in [2.45, 2.75) is 23.5 Å². The molecular weight excluding hydrogens is 284 g/mol. The molecule has 1 aromatic rings. The molecule has 0 N–H and O–H groups in total. The molecule has 0 spiro atoms. The molecule has 0 aromatic heterocycles. The van der Waals surface area contributed by atoms with E-state index in [0.29, 0.717) is 24.7 Å². The van der Waals surface area contributed by atoms with Crippen molar-refractivity contribution in [1.29, 1.82) is 0 Å². The van der Waals surface area contributed by atoms with Gasteiger partial charge in [-0.3, -0.25) is 4.79 Å². The highest BCUT2D eigenvalue weighted by atomic mass is 32.2. The van der Waals surface area contributed by atoms with Crippen LogP contribution in [0, 0.1) is 0 Å². The van der Waals surface area contributed by atoms with Crippen LogP contribution in [0.5, 0.6) is 11.5 Å². The van der Waals surface area contributed by atoms with Gasteiger partial charge in [-0.2, -0.15) is 0 Å². The third kappa shape index (κ3) is 2.87. The predicted molar refractivity (Wildman–Crippen MR) is 70.7 cm³/mol. The van der Waals surface area contributed by atoms with Crippen LogP contribution in [0.25, 0.3) is 0 Å². The minimum Gasteiger partial charge on any atom is -0.486 e. The van der Waals surface area contributed by atoms with Crippen molar-refractivity contribution in [3.63, 3.8) is 0 Å². The lowest BCUT2D eigenvalue weighted by atomic mass is 10.3. The van der Waals surface area contributed by atoms with Crippen molar-refractivity contribution in [2.75, 3.05) is 20.3 Å². The third-order valence-electron chi connectivity index (χ3n) is 3.05. The quantitative estimate of drug-likeness (QED) is 0.777. The number of carbonyl (C=O) groups excluding carboxylic acids is 1.